The quantitative estimate of drug-likeness (QED) is 0.346. The van der Waals surface area contributed by atoms with Crippen LogP contribution in [-0.2, 0) is 22.6 Å². The molecule has 4 rings (SSSR count). The van der Waals surface area contributed by atoms with Gasteiger partial charge in [0.15, 0.2) is 11.5 Å². The Balaban J connectivity index is 1.64. The van der Waals surface area contributed by atoms with Crippen molar-refractivity contribution in [1.82, 2.24) is 5.32 Å². The summed E-state index contributed by atoms with van der Waals surface area (Å²) in [5.41, 5.74) is 1.81. The Labute approximate surface area is 212 Å². The van der Waals surface area contributed by atoms with Crippen LogP contribution in [0.5, 0.6) is 11.5 Å². The number of nitrogens with one attached hydrogen (secondary N) is 1. The molecule has 0 saturated carbocycles. The lowest BCUT2D eigenvalue weighted by atomic mass is 10.1. The summed E-state index contributed by atoms with van der Waals surface area (Å²) < 4.78 is 25.0. The number of hydrogen-bond donors (Lipinski definition) is 1. The molecule has 4 amide bonds. The lowest BCUT2D eigenvalue weighted by Gasteiger charge is -2.26. The van der Waals surface area contributed by atoms with Crippen molar-refractivity contribution in [3.63, 3.8) is 0 Å². The maximum absolute atomic E-state index is 13.9. The van der Waals surface area contributed by atoms with E-state index in [4.69, 9.17) is 21.1 Å². The van der Waals surface area contributed by atoms with Crippen molar-refractivity contribution in [3.8, 4) is 11.5 Å². The zero-order valence-electron chi connectivity index (χ0n) is 19.5. The van der Waals surface area contributed by atoms with Gasteiger partial charge in [0.1, 0.15) is 18.0 Å². The standard InChI is InChI=1S/C27H22ClFN2O5/c1-3-16-8-10-19(11-9-16)31-26(33)20(25(32)30-27(31)34)12-17-13-21(28)24(23(14-17)35-2)36-15-18-6-4-5-7-22(18)29/h4-14H,3,15H2,1-2H3,(H,30,32,34)/b20-12-. The van der Waals surface area contributed by atoms with E-state index in [1.54, 1.807) is 42.5 Å². The van der Waals surface area contributed by atoms with E-state index in [1.165, 1.54) is 31.4 Å². The van der Waals surface area contributed by atoms with Crippen LogP contribution in [0.4, 0.5) is 14.9 Å². The Morgan fingerprint density at radius 3 is 2.44 bits per heavy atom. The molecule has 1 heterocycles. The maximum atomic E-state index is 13.9. The molecule has 0 atom stereocenters. The third-order valence-corrected chi connectivity index (χ3v) is 5.88. The average Bonchev–Trinajstić information content (AvgIpc) is 2.86. The molecule has 3 aromatic rings. The molecule has 0 radical (unpaired) electrons. The first kappa shape index (κ1) is 24.9. The molecule has 36 heavy (non-hydrogen) atoms. The van der Waals surface area contributed by atoms with Crippen molar-refractivity contribution in [1.29, 1.82) is 0 Å². The second kappa shape index (κ2) is 10.6. The number of carbonyl (C=O) groups excluding carboxylic acids is 3. The summed E-state index contributed by atoms with van der Waals surface area (Å²) in [6.07, 6.45) is 2.11. The molecule has 1 fully saturated rings. The number of methoxy groups -OCH3 is 1. The van der Waals surface area contributed by atoms with Gasteiger partial charge in [0.05, 0.1) is 17.8 Å². The lowest BCUT2D eigenvalue weighted by molar-refractivity contribution is -0.122. The number of barbiturate groups is 1. The molecule has 1 aliphatic rings. The number of nitrogens with zero attached hydrogens (tertiary/aromatic N) is 1. The predicted octanol–water partition coefficient (Wildman–Crippen LogP) is 5.30. The molecule has 9 heteroatoms. The third-order valence-electron chi connectivity index (χ3n) is 5.60. The van der Waals surface area contributed by atoms with Crippen LogP contribution in [-0.4, -0.2) is 25.0 Å². The predicted molar refractivity (Wildman–Crippen MR) is 134 cm³/mol. The highest BCUT2D eigenvalue weighted by atomic mass is 35.5. The van der Waals surface area contributed by atoms with E-state index in [-0.39, 0.29) is 28.7 Å². The molecule has 1 N–H and O–H groups in total. The number of carbonyl (C=O) groups is 3. The van der Waals surface area contributed by atoms with Gasteiger partial charge >= 0.3 is 6.03 Å². The van der Waals surface area contributed by atoms with Crippen LogP contribution in [0.2, 0.25) is 5.02 Å². The van der Waals surface area contributed by atoms with Gasteiger partial charge in [0.2, 0.25) is 0 Å². The summed E-state index contributed by atoms with van der Waals surface area (Å²) in [5, 5.41) is 2.32. The van der Waals surface area contributed by atoms with E-state index in [1.807, 2.05) is 6.92 Å². The number of halogens is 2. The van der Waals surface area contributed by atoms with E-state index in [9.17, 15) is 18.8 Å². The normalized spacial score (nSPS) is 14.7. The van der Waals surface area contributed by atoms with Gasteiger partial charge in [-0.3, -0.25) is 14.9 Å². The van der Waals surface area contributed by atoms with E-state index in [2.05, 4.69) is 5.32 Å². The first-order chi connectivity index (χ1) is 17.3. The number of urea groups is 1. The van der Waals surface area contributed by atoms with Crippen LogP contribution < -0.4 is 19.7 Å². The first-order valence-electron chi connectivity index (χ1n) is 11.1. The van der Waals surface area contributed by atoms with Crippen molar-refractivity contribution in [3.05, 3.63) is 93.8 Å². The number of imide groups is 2. The van der Waals surface area contributed by atoms with Gasteiger partial charge in [-0.2, -0.15) is 0 Å². The minimum atomic E-state index is -0.834. The fourth-order valence-corrected chi connectivity index (χ4v) is 3.94. The highest BCUT2D eigenvalue weighted by Gasteiger charge is 2.36. The molecule has 0 aliphatic carbocycles. The van der Waals surface area contributed by atoms with Gasteiger partial charge in [-0.25, -0.2) is 14.1 Å². The zero-order valence-corrected chi connectivity index (χ0v) is 20.3. The van der Waals surface area contributed by atoms with E-state index in [0.717, 1.165) is 16.9 Å². The van der Waals surface area contributed by atoms with E-state index < -0.39 is 23.7 Å². The van der Waals surface area contributed by atoms with Crippen LogP contribution in [0.1, 0.15) is 23.6 Å². The third kappa shape index (κ3) is 5.08. The number of anilines is 1. The van der Waals surface area contributed by atoms with Crippen LogP contribution in [0.3, 0.4) is 0 Å². The largest absolute Gasteiger partial charge is 0.493 e. The highest BCUT2D eigenvalue weighted by molar-refractivity contribution is 6.39. The molecule has 0 bridgehead atoms. The van der Waals surface area contributed by atoms with E-state index in [0.29, 0.717) is 16.8 Å². The molecule has 1 saturated heterocycles. The smallest absolute Gasteiger partial charge is 0.335 e. The van der Waals surface area contributed by atoms with Crippen molar-refractivity contribution >= 4 is 41.2 Å². The Kier molecular flexibility index (Phi) is 7.36. The molecule has 0 aromatic heterocycles. The maximum Gasteiger partial charge on any atom is 0.335 e. The molecular weight excluding hydrogens is 487 g/mol. The number of benzene rings is 3. The summed E-state index contributed by atoms with van der Waals surface area (Å²) in [5.74, 6) is -1.63. The van der Waals surface area contributed by atoms with Crippen LogP contribution in [0.25, 0.3) is 6.08 Å². The lowest BCUT2D eigenvalue weighted by Crippen LogP contribution is -2.54. The number of amides is 4. The van der Waals surface area contributed by atoms with Crippen molar-refractivity contribution < 1.29 is 28.2 Å². The van der Waals surface area contributed by atoms with Crippen molar-refractivity contribution in [2.75, 3.05) is 12.0 Å². The first-order valence-corrected chi connectivity index (χ1v) is 11.4. The molecule has 7 nitrogen and oxygen atoms in total. The molecule has 3 aromatic carbocycles. The van der Waals surface area contributed by atoms with Crippen molar-refractivity contribution in [2.24, 2.45) is 0 Å². The van der Waals surface area contributed by atoms with Gasteiger partial charge in [0.25, 0.3) is 11.8 Å². The number of rotatable bonds is 7. The van der Waals surface area contributed by atoms with E-state index >= 15 is 0 Å². The number of ether oxygens (including phenoxy) is 2. The van der Waals surface area contributed by atoms with Crippen LogP contribution in [0.15, 0.2) is 66.2 Å². The Hall–Kier alpha value is -4.17. The summed E-state index contributed by atoms with van der Waals surface area (Å²) in [6, 6.07) is 15.2. The van der Waals surface area contributed by atoms with Crippen LogP contribution in [0, 0.1) is 5.82 Å². The Morgan fingerprint density at radius 1 is 1.06 bits per heavy atom. The average molecular weight is 509 g/mol. The zero-order chi connectivity index (χ0) is 25.8. The van der Waals surface area contributed by atoms with Gasteiger partial charge in [-0.05, 0) is 54.0 Å². The minimum Gasteiger partial charge on any atom is -0.493 e. The molecule has 0 unspecified atom stereocenters. The topological polar surface area (TPSA) is 84.9 Å². The second-order valence-electron chi connectivity index (χ2n) is 7.89. The molecular formula is C27H22ClFN2O5. The SMILES string of the molecule is CCc1ccc(N2C(=O)NC(=O)/C(=C/c3cc(Cl)c(OCc4ccccc4F)c(OC)c3)C2=O)cc1. The van der Waals surface area contributed by atoms with Gasteiger partial charge in [-0.15, -0.1) is 0 Å². The van der Waals surface area contributed by atoms with Crippen molar-refractivity contribution in [2.45, 2.75) is 20.0 Å². The fourth-order valence-electron chi connectivity index (χ4n) is 3.67. The molecule has 1 aliphatic heterocycles. The second-order valence-corrected chi connectivity index (χ2v) is 8.30. The Bertz CT molecular complexity index is 1370. The highest BCUT2D eigenvalue weighted by Crippen LogP contribution is 2.38. The Morgan fingerprint density at radius 2 is 1.78 bits per heavy atom. The molecule has 184 valence electrons. The van der Waals surface area contributed by atoms with Gasteiger partial charge < -0.3 is 9.47 Å². The van der Waals surface area contributed by atoms with Gasteiger partial charge in [-0.1, -0.05) is 48.9 Å². The minimum absolute atomic E-state index is 0.0853. The monoisotopic (exact) mass is 508 g/mol. The summed E-state index contributed by atoms with van der Waals surface area (Å²) in [7, 11) is 1.40. The summed E-state index contributed by atoms with van der Waals surface area (Å²) in [4.78, 5) is 39.0. The number of aryl methyl sites for hydroxylation is 1. The molecule has 0 spiro atoms. The van der Waals surface area contributed by atoms with Crippen LogP contribution >= 0.6 is 11.6 Å². The number of hydrogen-bond acceptors (Lipinski definition) is 5. The fraction of sp³-hybridized carbons (Fsp3) is 0.148. The summed E-state index contributed by atoms with van der Waals surface area (Å²) >= 11 is 6.41. The summed E-state index contributed by atoms with van der Waals surface area (Å²) in [6.45, 7) is 1.90. The van der Waals surface area contributed by atoms with Gasteiger partial charge in [0, 0.05) is 5.56 Å².